The molecule has 3 nitrogen and oxygen atoms in total. The highest BCUT2D eigenvalue weighted by Gasteiger charge is 2.08. The molecule has 1 rings (SSSR count). The van der Waals surface area contributed by atoms with E-state index in [1.165, 1.54) is 0 Å². The number of methoxy groups -OCH3 is 1. The Hall–Kier alpha value is -1.29. The van der Waals surface area contributed by atoms with Gasteiger partial charge in [0.1, 0.15) is 7.85 Å². The maximum absolute atomic E-state index is 10.8. The lowest BCUT2D eigenvalue weighted by atomic mass is 9.92. The fourth-order valence-corrected chi connectivity index (χ4v) is 1.21. The van der Waals surface area contributed by atoms with E-state index in [2.05, 4.69) is 0 Å². The molecule has 0 aliphatic carbocycles. The van der Waals surface area contributed by atoms with Gasteiger partial charge in [-0.25, -0.2) is 4.79 Å². The van der Waals surface area contributed by atoms with Crippen LogP contribution in [0.2, 0.25) is 0 Å². The van der Waals surface area contributed by atoms with Crippen LogP contribution in [0.4, 0.5) is 0 Å². The van der Waals surface area contributed by atoms with Crippen molar-refractivity contribution in [1.29, 1.82) is 0 Å². The van der Waals surface area contributed by atoms with Gasteiger partial charge in [-0.2, -0.15) is 0 Å². The lowest BCUT2D eigenvalue weighted by Crippen LogP contribution is -2.10. The van der Waals surface area contributed by atoms with Crippen LogP contribution in [0.1, 0.15) is 15.9 Å². The number of hydrogen-bond acceptors (Lipinski definition) is 2. The second kappa shape index (κ2) is 4.09. The molecule has 0 fully saturated rings. The zero-order valence-electron chi connectivity index (χ0n) is 7.70. The molecule has 0 unspecified atom stereocenters. The van der Waals surface area contributed by atoms with Crippen molar-refractivity contribution in [3.63, 3.8) is 0 Å². The minimum atomic E-state index is -0.910. The lowest BCUT2D eigenvalue weighted by molar-refractivity contribution is 0.0692. The van der Waals surface area contributed by atoms with Gasteiger partial charge in [-0.05, 0) is 11.6 Å². The molecular formula is C9H11BO3. The summed E-state index contributed by atoms with van der Waals surface area (Å²) in [5.41, 5.74) is 2.07. The first-order chi connectivity index (χ1) is 6.15. The van der Waals surface area contributed by atoms with E-state index < -0.39 is 5.97 Å². The van der Waals surface area contributed by atoms with E-state index in [0.717, 1.165) is 11.0 Å². The van der Waals surface area contributed by atoms with Crippen LogP contribution >= 0.6 is 0 Å². The number of benzene rings is 1. The first-order valence-electron chi connectivity index (χ1n) is 3.97. The molecule has 0 atom stereocenters. The zero-order valence-corrected chi connectivity index (χ0v) is 7.70. The van der Waals surface area contributed by atoms with Crippen LogP contribution in [0, 0.1) is 0 Å². The van der Waals surface area contributed by atoms with Crippen molar-refractivity contribution < 1.29 is 14.6 Å². The molecule has 0 aliphatic rings. The molecule has 0 aliphatic heterocycles. The number of hydrogen-bond donors (Lipinski definition) is 1. The van der Waals surface area contributed by atoms with Gasteiger partial charge in [0.2, 0.25) is 0 Å². The van der Waals surface area contributed by atoms with Crippen LogP contribution in [0.3, 0.4) is 0 Å². The Labute approximate surface area is 77.7 Å². The number of rotatable bonds is 3. The third-order valence-electron chi connectivity index (χ3n) is 1.79. The first kappa shape index (κ1) is 9.80. The van der Waals surface area contributed by atoms with E-state index in [4.69, 9.17) is 9.84 Å². The summed E-state index contributed by atoms with van der Waals surface area (Å²) < 4.78 is 4.91. The highest BCUT2D eigenvalue weighted by atomic mass is 16.5. The maximum Gasteiger partial charge on any atom is 0.336 e. The van der Waals surface area contributed by atoms with Gasteiger partial charge < -0.3 is 9.84 Å². The molecule has 0 amide bonds. The molecule has 0 bridgehead atoms. The van der Waals surface area contributed by atoms with Crippen molar-refractivity contribution in [2.24, 2.45) is 0 Å². The Bertz CT molecular complexity index is 323. The molecule has 0 aromatic heterocycles. The Kier molecular flexibility index (Phi) is 3.09. The van der Waals surface area contributed by atoms with Crippen molar-refractivity contribution in [3.05, 3.63) is 29.3 Å². The van der Waals surface area contributed by atoms with E-state index in [1.54, 1.807) is 19.2 Å². The van der Waals surface area contributed by atoms with Gasteiger partial charge in [0.05, 0.1) is 12.2 Å². The molecule has 0 saturated heterocycles. The summed E-state index contributed by atoms with van der Waals surface area (Å²) in [6.45, 7) is 0.337. The summed E-state index contributed by atoms with van der Waals surface area (Å²) in [6, 6.07) is 5.21. The van der Waals surface area contributed by atoms with Gasteiger partial charge in [-0.3, -0.25) is 0 Å². The predicted molar refractivity (Wildman–Crippen MR) is 52.3 cm³/mol. The van der Waals surface area contributed by atoms with Crippen LogP contribution < -0.4 is 5.46 Å². The van der Waals surface area contributed by atoms with E-state index in [0.29, 0.717) is 12.2 Å². The third kappa shape index (κ3) is 2.32. The van der Waals surface area contributed by atoms with Gasteiger partial charge in [-0.1, -0.05) is 17.6 Å². The van der Waals surface area contributed by atoms with E-state index in [1.807, 2.05) is 13.9 Å². The predicted octanol–water partition coefficient (Wildman–Crippen LogP) is -0.210. The lowest BCUT2D eigenvalue weighted by Gasteiger charge is -2.05. The minimum Gasteiger partial charge on any atom is -0.478 e. The molecule has 68 valence electrons. The van der Waals surface area contributed by atoms with Crippen LogP contribution in [0.5, 0.6) is 0 Å². The standard InChI is InChI=1S/C9H11BO3/c1-13-5-6-4-7(10)2-3-8(6)9(11)12/h2-4H,5,10H2,1H3,(H,11,12). The molecule has 1 aromatic rings. The van der Waals surface area contributed by atoms with Crippen molar-refractivity contribution >= 4 is 19.3 Å². The number of aromatic carboxylic acids is 1. The quantitative estimate of drug-likeness (QED) is 0.651. The van der Waals surface area contributed by atoms with Crippen molar-refractivity contribution in [2.75, 3.05) is 7.11 Å². The number of carboxylic acids is 1. The highest BCUT2D eigenvalue weighted by Crippen LogP contribution is 2.07. The van der Waals surface area contributed by atoms with Crippen molar-refractivity contribution in [2.45, 2.75) is 6.61 Å². The molecule has 4 heteroatoms. The Morgan fingerprint density at radius 1 is 1.62 bits per heavy atom. The molecule has 13 heavy (non-hydrogen) atoms. The molecule has 1 N–H and O–H groups in total. The average Bonchev–Trinajstić information content (AvgIpc) is 2.04. The molecule has 0 spiro atoms. The van der Waals surface area contributed by atoms with Crippen LogP contribution in [-0.4, -0.2) is 26.0 Å². The number of carbonyl (C=O) groups is 1. The summed E-state index contributed by atoms with van der Waals surface area (Å²) in [6.07, 6.45) is 0. The largest absolute Gasteiger partial charge is 0.478 e. The summed E-state index contributed by atoms with van der Waals surface area (Å²) in [5.74, 6) is -0.910. The molecule has 0 heterocycles. The maximum atomic E-state index is 10.8. The van der Waals surface area contributed by atoms with Crippen LogP contribution in [0.25, 0.3) is 0 Å². The summed E-state index contributed by atoms with van der Waals surface area (Å²) in [4.78, 5) is 10.8. The second-order valence-electron chi connectivity index (χ2n) is 2.90. The second-order valence-corrected chi connectivity index (χ2v) is 2.90. The smallest absolute Gasteiger partial charge is 0.336 e. The molecule has 1 aromatic carbocycles. The summed E-state index contributed by atoms with van der Waals surface area (Å²) in [5, 5.41) is 8.83. The fraction of sp³-hybridized carbons (Fsp3) is 0.222. The Morgan fingerprint density at radius 2 is 2.31 bits per heavy atom. The molecule has 0 saturated carbocycles. The van der Waals surface area contributed by atoms with Crippen molar-refractivity contribution in [3.8, 4) is 0 Å². The highest BCUT2D eigenvalue weighted by molar-refractivity contribution is 6.32. The van der Waals surface area contributed by atoms with Crippen LogP contribution in [0.15, 0.2) is 18.2 Å². The summed E-state index contributed by atoms with van der Waals surface area (Å²) >= 11 is 0. The normalized spacial score (nSPS) is 9.92. The van der Waals surface area contributed by atoms with Gasteiger partial charge in [0.25, 0.3) is 0 Å². The Morgan fingerprint density at radius 3 is 2.85 bits per heavy atom. The van der Waals surface area contributed by atoms with E-state index >= 15 is 0 Å². The van der Waals surface area contributed by atoms with Gasteiger partial charge in [-0.15, -0.1) is 0 Å². The van der Waals surface area contributed by atoms with E-state index in [-0.39, 0.29) is 0 Å². The zero-order chi connectivity index (χ0) is 9.84. The third-order valence-corrected chi connectivity index (χ3v) is 1.79. The topological polar surface area (TPSA) is 46.5 Å². The summed E-state index contributed by atoms with van der Waals surface area (Å²) in [7, 11) is 3.47. The fourth-order valence-electron chi connectivity index (χ4n) is 1.21. The average molecular weight is 178 g/mol. The minimum absolute atomic E-state index is 0.312. The van der Waals surface area contributed by atoms with Crippen molar-refractivity contribution in [1.82, 2.24) is 0 Å². The van der Waals surface area contributed by atoms with Gasteiger partial charge in [0.15, 0.2) is 0 Å². The van der Waals surface area contributed by atoms with Crippen LogP contribution in [-0.2, 0) is 11.3 Å². The SMILES string of the molecule is Bc1ccc(C(=O)O)c(COC)c1. The van der Waals surface area contributed by atoms with Gasteiger partial charge in [0, 0.05) is 7.11 Å². The monoisotopic (exact) mass is 178 g/mol. The number of carboxylic acid groups (broad SMARTS) is 1. The Balaban J connectivity index is 3.10. The number of ether oxygens (including phenoxy) is 1. The first-order valence-corrected chi connectivity index (χ1v) is 3.97. The van der Waals surface area contributed by atoms with Gasteiger partial charge >= 0.3 is 5.97 Å². The molecule has 0 radical (unpaired) electrons. The molecular weight excluding hydrogens is 167 g/mol. The van der Waals surface area contributed by atoms with E-state index in [9.17, 15) is 4.79 Å².